The van der Waals surface area contributed by atoms with Gasteiger partial charge < -0.3 is 15.5 Å². The number of fused-ring (bicyclic) bond motifs is 1. The Morgan fingerprint density at radius 1 is 1.36 bits per heavy atom. The highest BCUT2D eigenvalue weighted by Gasteiger charge is 2.26. The second kappa shape index (κ2) is 7.61. The SMILES string of the molecule is Cl.O=C(CC1CCCN1)NCCN1C(=O)Cc2ccccc21. The van der Waals surface area contributed by atoms with E-state index in [9.17, 15) is 9.59 Å². The molecule has 1 fully saturated rings. The van der Waals surface area contributed by atoms with Gasteiger partial charge >= 0.3 is 0 Å². The van der Waals surface area contributed by atoms with Crippen LogP contribution in [0.1, 0.15) is 24.8 Å². The van der Waals surface area contributed by atoms with E-state index in [0.717, 1.165) is 30.6 Å². The predicted octanol–water partition coefficient (Wildman–Crippen LogP) is 1.26. The quantitative estimate of drug-likeness (QED) is 0.857. The molecule has 1 aromatic rings. The van der Waals surface area contributed by atoms with Gasteiger partial charge in [0.25, 0.3) is 0 Å². The number of benzene rings is 1. The van der Waals surface area contributed by atoms with Crippen LogP contribution in [0.25, 0.3) is 0 Å². The number of carbonyl (C=O) groups excluding carboxylic acids is 2. The number of amides is 2. The summed E-state index contributed by atoms with van der Waals surface area (Å²) in [5, 5.41) is 6.23. The highest BCUT2D eigenvalue weighted by atomic mass is 35.5. The highest BCUT2D eigenvalue weighted by molar-refractivity contribution is 6.01. The third-order valence-electron chi connectivity index (χ3n) is 4.18. The Bertz CT molecular complexity index is 544. The van der Waals surface area contributed by atoms with E-state index >= 15 is 0 Å². The number of nitrogens with one attached hydrogen (secondary N) is 2. The normalized spacial score (nSPS) is 19.7. The Labute approximate surface area is 136 Å². The summed E-state index contributed by atoms with van der Waals surface area (Å²) in [6, 6.07) is 8.15. The van der Waals surface area contributed by atoms with Crippen molar-refractivity contribution in [2.45, 2.75) is 31.7 Å². The molecule has 1 aromatic carbocycles. The number of para-hydroxylation sites is 1. The highest BCUT2D eigenvalue weighted by Crippen LogP contribution is 2.27. The van der Waals surface area contributed by atoms with Crippen molar-refractivity contribution in [3.05, 3.63) is 29.8 Å². The molecular formula is C16H22ClN3O2. The standard InChI is InChI=1S/C16H21N3O2.ClH/c20-15(11-13-5-3-7-17-13)18-8-9-19-14-6-2-1-4-12(14)10-16(19)21;/h1-2,4,6,13,17H,3,5,7-11H2,(H,18,20);1H. The maximum absolute atomic E-state index is 12.0. The Hall–Kier alpha value is -1.59. The fourth-order valence-corrected chi connectivity index (χ4v) is 3.10. The summed E-state index contributed by atoms with van der Waals surface area (Å²) in [4.78, 5) is 25.6. The zero-order chi connectivity index (χ0) is 14.7. The average Bonchev–Trinajstić information content (AvgIpc) is 3.07. The molecule has 22 heavy (non-hydrogen) atoms. The van der Waals surface area contributed by atoms with Crippen LogP contribution in [0, 0.1) is 0 Å². The lowest BCUT2D eigenvalue weighted by molar-refractivity contribution is -0.122. The topological polar surface area (TPSA) is 61.4 Å². The zero-order valence-electron chi connectivity index (χ0n) is 12.5. The largest absolute Gasteiger partial charge is 0.354 e. The van der Waals surface area contributed by atoms with Gasteiger partial charge in [-0.1, -0.05) is 18.2 Å². The molecule has 120 valence electrons. The van der Waals surface area contributed by atoms with Crippen LogP contribution >= 0.6 is 12.4 Å². The number of carbonyl (C=O) groups is 2. The third kappa shape index (κ3) is 3.78. The molecule has 5 nitrogen and oxygen atoms in total. The molecule has 0 spiro atoms. The van der Waals surface area contributed by atoms with E-state index in [0.29, 0.717) is 32.0 Å². The molecule has 2 aliphatic heterocycles. The summed E-state index contributed by atoms with van der Waals surface area (Å²) in [6.07, 6.45) is 3.23. The Balaban J connectivity index is 0.00000176. The first-order chi connectivity index (χ1) is 10.2. The molecule has 2 heterocycles. The first-order valence-corrected chi connectivity index (χ1v) is 7.62. The van der Waals surface area contributed by atoms with Crippen molar-refractivity contribution in [1.29, 1.82) is 0 Å². The Kier molecular flexibility index (Phi) is 5.80. The first-order valence-electron chi connectivity index (χ1n) is 7.62. The predicted molar refractivity (Wildman–Crippen MR) is 88.4 cm³/mol. The molecule has 6 heteroatoms. The van der Waals surface area contributed by atoms with Crippen LogP contribution in [0.2, 0.25) is 0 Å². The van der Waals surface area contributed by atoms with E-state index in [2.05, 4.69) is 10.6 Å². The van der Waals surface area contributed by atoms with Crippen LogP contribution in [-0.4, -0.2) is 37.5 Å². The van der Waals surface area contributed by atoms with Crippen LogP contribution in [0.15, 0.2) is 24.3 Å². The van der Waals surface area contributed by atoms with Crippen molar-refractivity contribution >= 4 is 29.9 Å². The van der Waals surface area contributed by atoms with Crippen molar-refractivity contribution in [2.24, 2.45) is 0 Å². The fourth-order valence-electron chi connectivity index (χ4n) is 3.10. The summed E-state index contributed by atoms with van der Waals surface area (Å²) < 4.78 is 0. The number of halogens is 1. The molecule has 0 bridgehead atoms. The molecule has 2 N–H and O–H groups in total. The van der Waals surface area contributed by atoms with Gasteiger partial charge in [-0.2, -0.15) is 0 Å². The van der Waals surface area contributed by atoms with Gasteiger partial charge in [0.15, 0.2) is 0 Å². The number of rotatable bonds is 5. The molecule has 1 unspecified atom stereocenters. The maximum atomic E-state index is 12.0. The van der Waals surface area contributed by atoms with Gasteiger partial charge in [-0.25, -0.2) is 0 Å². The van der Waals surface area contributed by atoms with E-state index < -0.39 is 0 Å². The minimum absolute atomic E-state index is 0. The molecular weight excluding hydrogens is 302 g/mol. The van der Waals surface area contributed by atoms with Gasteiger partial charge in [-0.3, -0.25) is 9.59 Å². The molecule has 0 radical (unpaired) electrons. The monoisotopic (exact) mass is 323 g/mol. The fraction of sp³-hybridized carbons (Fsp3) is 0.500. The van der Waals surface area contributed by atoms with Gasteiger partial charge in [0.1, 0.15) is 0 Å². The second-order valence-electron chi connectivity index (χ2n) is 5.70. The van der Waals surface area contributed by atoms with Crippen molar-refractivity contribution in [1.82, 2.24) is 10.6 Å². The van der Waals surface area contributed by atoms with Gasteiger partial charge in [-0.05, 0) is 31.0 Å². The van der Waals surface area contributed by atoms with E-state index in [1.165, 1.54) is 0 Å². The minimum atomic E-state index is 0. The summed E-state index contributed by atoms with van der Waals surface area (Å²) >= 11 is 0. The molecule has 1 atom stereocenters. The Morgan fingerprint density at radius 3 is 2.95 bits per heavy atom. The lowest BCUT2D eigenvalue weighted by Crippen LogP contribution is -2.38. The van der Waals surface area contributed by atoms with E-state index in [1.54, 1.807) is 4.90 Å². The number of hydrogen-bond acceptors (Lipinski definition) is 3. The molecule has 0 saturated carbocycles. The van der Waals surface area contributed by atoms with Gasteiger partial charge in [-0.15, -0.1) is 12.4 Å². The van der Waals surface area contributed by atoms with Crippen molar-refractivity contribution in [2.75, 3.05) is 24.5 Å². The zero-order valence-corrected chi connectivity index (χ0v) is 13.3. The number of nitrogens with zero attached hydrogens (tertiary/aromatic N) is 1. The van der Waals surface area contributed by atoms with Crippen LogP contribution in [-0.2, 0) is 16.0 Å². The average molecular weight is 324 g/mol. The second-order valence-corrected chi connectivity index (χ2v) is 5.70. The number of hydrogen-bond donors (Lipinski definition) is 2. The lowest BCUT2D eigenvalue weighted by Gasteiger charge is -2.18. The molecule has 2 amide bonds. The lowest BCUT2D eigenvalue weighted by atomic mass is 10.1. The van der Waals surface area contributed by atoms with Crippen molar-refractivity contribution in [3.8, 4) is 0 Å². The van der Waals surface area contributed by atoms with Crippen LogP contribution in [0.5, 0.6) is 0 Å². The van der Waals surface area contributed by atoms with Gasteiger partial charge in [0.2, 0.25) is 11.8 Å². The van der Waals surface area contributed by atoms with Crippen molar-refractivity contribution in [3.63, 3.8) is 0 Å². The smallest absolute Gasteiger partial charge is 0.231 e. The molecule has 0 aliphatic carbocycles. The van der Waals surface area contributed by atoms with E-state index in [4.69, 9.17) is 0 Å². The molecule has 2 aliphatic rings. The van der Waals surface area contributed by atoms with Crippen LogP contribution in [0.4, 0.5) is 5.69 Å². The third-order valence-corrected chi connectivity index (χ3v) is 4.18. The van der Waals surface area contributed by atoms with Crippen LogP contribution < -0.4 is 15.5 Å². The summed E-state index contributed by atoms with van der Waals surface area (Å²) in [5.74, 6) is 0.178. The van der Waals surface area contributed by atoms with E-state index in [1.807, 2.05) is 24.3 Å². The van der Waals surface area contributed by atoms with Crippen molar-refractivity contribution < 1.29 is 9.59 Å². The van der Waals surface area contributed by atoms with E-state index in [-0.39, 0.29) is 24.2 Å². The van der Waals surface area contributed by atoms with Crippen LogP contribution in [0.3, 0.4) is 0 Å². The molecule has 0 aromatic heterocycles. The molecule has 1 saturated heterocycles. The molecule has 3 rings (SSSR count). The van der Waals surface area contributed by atoms with Gasteiger partial charge in [0, 0.05) is 31.2 Å². The first kappa shape index (κ1) is 16.8. The minimum Gasteiger partial charge on any atom is -0.354 e. The maximum Gasteiger partial charge on any atom is 0.231 e. The summed E-state index contributed by atoms with van der Waals surface area (Å²) in [6.45, 7) is 2.06. The Morgan fingerprint density at radius 2 is 2.18 bits per heavy atom. The van der Waals surface area contributed by atoms with Gasteiger partial charge in [0.05, 0.1) is 6.42 Å². The summed E-state index contributed by atoms with van der Waals surface area (Å²) in [5.41, 5.74) is 2.05. The summed E-state index contributed by atoms with van der Waals surface area (Å²) in [7, 11) is 0. The number of anilines is 1.